The first-order valence-corrected chi connectivity index (χ1v) is 6.29. The number of pyridine rings is 1. The lowest BCUT2D eigenvalue weighted by molar-refractivity contribution is 0.784. The quantitative estimate of drug-likeness (QED) is 0.889. The lowest BCUT2D eigenvalue weighted by atomic mass is 10.1. The Balaban J connectivity index is 2.00. The Labute approximate surface area is 107 Å². The van der Waals surface area contributed by atoms with Crippen molar-refractivity contribution in [2.24, 2.45) is 0 Å². The van der Waals surface area contributed by atoms with Crippen molar-refractivity contribution in [3.63, 3.8) is 0 Å². The molecule has 2 aromatic heterocycles. The van der Waals surface area contributed by atoms with Gasteiger partial charge in [0.05, 0.1) is 5.69 Å². The van der Waals surface area contributed by atoms with Crippen LogP contribution in [0, 0.1) is 0 Å². The second-order valence-corrected chi connectivity index (χ2v) is 4.65. The Morgan fingerprint density at radius 2 is 2.22 bits per heavy atom. The fraction of sp³-hybridized carbons (Fsp3) is 0.357. The van der Waals surface area contributed by atoms with Gasteiger partial charge in [-0.1, -0.05) is 0 Å². The van der Waals surface area contributed by atoms with Gasteiger partial charge in [-0.25, -0.2) is 9.97 Å². The Morgan fingerprint density at radius 1 is 1.33 bits per heavy atom. The van der Waals surface area contributed by atoms with Crippen LogP contribution < -0.4 is 5.32 Å². The maximum Gasteiger partial charge on any atom is 0.160 e. The highest BCUT2D eigenvalue weighted by Crippen LogP contribution is 2.40. The van der Waals surface area contributed by atoms with Crippen LogP contribution in [0.1, 0.15) is 30.0 Å². The number of nitrogens with zero attached hydrogens (tertiary/aromatic N) is 3. The van der Waals surface area contributed by atoms with Crippen molar-refractivity contribution in [1.82, 2.24) is 20.3 Å². The molecule has 0 bridgehead atoms. The van der Waals surface area contributed by atoms with E-state index in [0.717, 1.165) is 17.9 Å². The SMILES string of the molecule is CNCc1cnc(-c2cccnc2)nc1C1CC1. The molecule has 0 aliphatic heterocycles. The first-order valence-electron chi connectivity index (χ1n) is 6.29. The highest BCUT2D eigenvalue weighted by Gasteiger charge is 2.28. The molecule has 1 aliphatic carbocycles. The molecule has 2 aromatic rings. The van der Waals surface area contributed by atoms with Gasteiger partial charge in [0.25, 0.3) is 0 Å². The first-order chi connectivity index (χ1) is 8.88. The van der Waals surface area contributed by atoms with Gasteiger partial charge >= 0.3 is 0 Å². The lowest BCUT2D eigenvalue weighted by Crippen LogP contribution is -2.10. The van der Waals surface area contributed by atoms with Gasteiger partial charge in [0.1, 0.15) is 0 Å². The summed E-state index contributed by atoms with van der Waals surface area (Å²) in [5, 5.41) is 3.17. The van der Waals surface area contributed by atoms with E-state index in [1.54, 1.807) is 6.20 Å². The molecule has 92 valence electrons. The summed E-state index contributed by atoms with van der Waals surface area (Å²) in [6.45, 7) is 0.832. The zero-order valence-electron chi connectivity index (χ0n) is 10.4. The van der Waals surface area contributed by atoms with Crippen molar-refractivity contribution < 1.29 is 0 Å². The second-order valence-electron chi connectivity index (χ2n) is 4.65. The monoisotopic (exact) mass is 240 g/mol. The molecule has 0 saturated heterocycles. The summed E-state index contributed by atoms with van der Waals surface area (Å²) in [5.41, 5.74) is 3.40. The molecule has 0 radical (unpaired) electrons. The highest BCUT2D eigenvalue weighted by atomic mass is 14.9. The average molecular weight is 240 g/mol. The van der Waals surface area contributed by atoms with E-state index in [0.29, 0.717) is 5.92 Å². The Hall–Kier alpha value is -1.81. The number of aromatic nitrogens is 3. The van der Waals surface area contributed by atoms with Crippen LogP contribution in [0.4, 0.5) is 0 Å². The van der Waals surface area contributed by atoms with Crippen molar-refractivity contribution >= 4 is 0 Å². The predicted molar refractivity (Wildman–Crippen MR) is 70.0 cm³/mol. The largest absolute Gasteiger partial charge is 0.316 e. The van der Waals surface area contributed by atoms with E-state index in [1.165, 1.54) is 24.1 Å². The molecule has 4 nitrogen and oxygen atoms in total. The molecular weight excluding hydrogens is 224 g/mol. The summed E-state index contributed by atoms with van der Waals surface area (Å²) in [6.07, 6.45) is 8.02. The van der Waals surface area contributed by atoms with E-state index in [1.807, 2.05) is 31.6 Å². The maximum absolute atomic E-state index is 4.73. The molecule has 1 aliphatic rings. The van der Waals surface area contributed by atoms with E-state index in [9.17, 15) is 0 Å². The molecule has 1 fully saturated rings. The summed E-state index contributed by atoms with van der Waals surface area (Å²) in [6, 6.07) is 3.91. The van der Waals surface area contributed by atoms with Gasteiger partial charge in [0, 0.05) is 42.2 Å². The Kier molecular flexibility index (Phi) is 3.02. The number of hydrogen-bond donors (Lipinski definition) is 1. The summed E-state index contributed by atoms with van der Waals surface area (Å²) in [4.78, 5) is 13.3. The number of hydrogen-bond acceptors (Lipinski definition) is 4. The van der Waals surface area contributed by atoms with Gasteiger partial charge in [0.15, 0.2) is 5.82 Å². The van der Waals surface area contributed by atoms with Gasteiger partial charge < -0.3 is 5.32 Å². The van der Waals surface area contributed by atoms with E-state index in [2.05, 4.69) is 15.3 Å². The Bertz CT molecular complexity index is 535. The van der Waals surface area contributed by atoms with Crippen molar-refractivity contribution in [2.75, 3.05) is 7.05 Å². The lowest BCUT2D eigenvalue weighted by Gasteiger charge is -2.09. The minimum absolute atomic E-state index is 0.631. The van der Waals surface area contributed by atoms with Gasteiger partial charge in [-0.3, -0.25) is 4.98 Å². The van der Waals surface area contributed by atoms with Gasteiger partial charge in [-0.2, -0.15) is 0 Å². The van der Waals surface area contributed by atoms with Crippen LogP contribution in [0.2, 0.25) is 0 Å². The normalized spacial score (nSPS) is 14.7. The van der Waals surface area contributed by atoms with Gasteiger partial charge in [0.2, 0.25) is 0 Å². The van der Waals surface area contributed by atoms with Crippen LogP contribution in [0.3, 0.4) is 0 Å². The molecule has 2 heterocycles. The average Bonchev–Trinajstić information content (AvgIpc) is 3.25. The summed E-state index contributed by atoms with van der Waals surface area (Å²) in [5.74, 6) is 1.41. The first kappa shape index (κ1) is 11.3. The molecule has 0 amide bonds. The molecular formula is C14H16N4. The van der Waals surface area contributed by atoms with Crippen LogP contribution in [-0.2, 0) is 6.54 Å². The van der Waals surface area contributed by atoms with Crippen LogP contribution in [-0.4, -0.2) is 22.0 Å². The van der Waals surface area contributed by atoms with E-state index in [4.69, 9.17) is 4.98 Å². The highest BCUT2D eigenvalue weighted by molar-refractivity contribution is 5.53. The Morgan fingerprint density at radius 3 is 2.89 bits per heavy atom. The summed E-state index contributed by atoms with van der Waals surface area (Å²) >= 11 is 0. The van der Waals surface area contributed by atoms with Crippen LogP contribution in [0.15, 0.2) is 30.7 Å². The fourth-order valence-corrected chi connectivity index (χ4v) is 2.09. The molecule has 18 heavy (non-hydrogen) atoms. The minimum Gasteiger partial charge on any atom is -0.316 e. The third kappa shape index (κ3) is 2.24. The molecule has 0 atom stereocenters. The topological polar surface area (TPSA) is 50.7 Å². The van der Waals surface area contributed by atoms with Crippen LogP contribution in [0.25, 0.3) is 11.4 Å². The van der Waals surface area contributed by atoms with Gasteiger partial charge in [-0.05, 0) is 32.0 Å². The van der Waals surface area contributed by atoms with Crippen LogP contribution in [0.5, 0.6) is 0 Å². The second kappa shape index (κ2) is 4.82. The molecule has 0 aromatic carbocycles. The van der Waals surface area contributed by atoms with Crippen molar-refractivity contribution in [3.05, 3.63) is 42.0 Å². The predicted octanol–water partition coefficient (Wildman–Crippen LogP) is 2.14. The fourth-order valence-electron chi connectivity index (χ4n) is 2.09. The molecule has 0 unspecified atom stereocenters. The van der Waals surface area contributed by atoms with E-state index in [-0.39, 0.29) is 0 Å². The number of rotatable bonds is 4. The van der Waals surface area contributed by atoms with Crippen molar-refractivity contribution in [2.45, 2.75) is 25.3 Å². The zero-order valence-corrected chi connectivity index (χ0v) is 10.4. The summed E-state index contributed by atoms with van der Waals surface area (Å²) < 4.78 is 0. The third-order valence-electron chi connectivity index (χ3n) is 3.15. The molecule has 1 N–H and O–H groups in total. The number of nitrogens with one attached hydrogen (secondary N) is 1. The molecule has 3 rings (SSSR count). The van der Waals surface area contributed by atoms with Crippen LogP contribution >= 0.6 is 0 Å². The van der Waals surface area contributed by atoms with E-state index >= 15 is 0 Å². The zero-order chi connectivity index (χ0) is 12.4. The third-order valence-corrected chi connectivity index (χ3v) is 3.15. The molecule has 4 heteroatoms. The van der Waals surface area contributed by atoms with Crippen molar-refractivity contribution in [3.8, 4) is 11.4 Å². The van der Waals surface area contributed by atoms with E-state index < -0.39 is 0 Å². The standard InChI is InChI=1S/C14H16N4/c1-15-7-12-9-17-14(11-3-2-6-16-8-11)18-13(12)10-4-5-10/h2-3,6,8-10,15H,4-5,7H2,1H3. The molecule has 0 spiro atoms. The smallest absolute Gasteiger partial charge is 0.160 e. The minimum atomic E-state index is 0.631. The van der Waals surface area contributed by atoms with Gasteiger partial charge in [-0.15, -0.1) is 0 Å². The molecule has 1 saturated carbocycles. The van der Waals surface area contributed by atoms with Crippen molar-refractivity contribution in [1.29, 1.82) is 0 Å². The summed E-state index contributed by atoms with van der Waals surface area (Å²) in [7, 11) is 1.95. The maximum atomic E-state index is 4.73.